The molecule has 3 saturated carbocycles. The van der Waals surface area contributed by atoms with Crippen LogP contribution in [0.5, 0.6) is 0 Å². The summed E-state index contributed by atoms with van der Waals surface area (Å²) in [5.41, 5.74) is 1.03. The van der Waals surface area contributed by atoms with E-state index in [1.54, 1.807) is 0 Å². The van der Waals surface area contributed by atoms with Crippen molar-refractivity contribution in [2.45, 2.75) is 97.4 Å². The second-order valence-corrected chi connectivity index (χ2v) is 12.6. The molecule has 29 heavy (non-hydrogen) atoms. The Balaban J connectivity index is 1.28. The van der Waals surface area contributed by atoms with Crippen molar-refractivity contribution in [1.29, 1.82) is 0 Å². The van der Waals surface area contributed by atoms with Crippen LogP contribution in [0.4, 0.5) is 0 Å². The van der Waals surface area contributed by atoms with Gasteiger partial charge in [-0.05, 0) is 97.7 Å². The molecule has 0 N–H and O–H groups in total. The lowest BCUT2D eigenvalue weighted by Crippen LogP contribution is -2.53. The molecule has 5 fully saturated rings. The molecule has 0 amide bonds. The van der Waals surface area contributed by atoms with E-state index in [4.69, 9.17) is 9.47 Å². The first-order valence-electron chi connectivity index (χ1n) is 12.9. The average Bonchev–Trinajstić information content (AvgIpc) is 3.15. The summed E-state index contributed by atoms with van der Waals surface area (Å²) in [5.74, 6) is 5.29. The maximum Gasteiger partial charge on any atom is 0.171 e. The van der Waals surface area contributed by atoms with E-state index in [-0.39, 0.29) is 5.79 Å². The van der Waals surface area contributed by atoms with E-state index in [0.29, 0.717) is 34.7 Å². The molecule has 1 spiro atoms. The van der Waals surface area contributed by atoms with Crippen LogP contribution in [0.2, 0.25) is 0 Å². The molecule has 162 valence electrons. The summed E-state index contributed by atoms with van der Waals surface area (Å²) in [7, 11) is 0. The molecule has 0 aromatic rings. The Morgan fingerprint density at radius 2 is 1.76 bits per heavy atom. The first-order chi connectivity index (χ1) is 13.9. The molecular weight excluding hydrogens is 356 g/mol. The fourth-order valence-corrected chi connectivity index (χ4v) is 9.84. The van der Waals surface area contributed by atoms with Crippen LogP contribution < -0.4 is 0 Å². The van der Waals surface area contributed by atoms with E-state index in [9.17, 15) is 0 Å². The molecule has 0 bridgehead atoms. The highest BCUT2D eigenvalue weighted by Gasteiger charge is 2.68. The van der Waals surface area contributed by atoms with Gasteiger partial charge in [0.15, 0.2) is 5.79 Å². The van der Waals surface area contributed by atoms with E-state index in [1.807, 2.05) is 0 Å². The van der Waals surface area contributed by atoms with Crippen LogP contribution in [-0.4, -0.2) is 18.5 Å². The molecule has 2 saturated heterocycles. The normalized spacial score (nSPS) is 61.1. The molecule has 11 atom stereocenters. The topological polar surface area (TPSA) is 18.5 Å². The van der Waals surface area contributed by atoms with Crippen molar-refractivity contribution in [3.05, 3.63) is 12.2 Å². The molecule has 8 unspecified atom stereocenters. The third-order valence-corrected chi connectivity index (χ3v) is 11.4. The zero-order valence-electron chi connectivity index (χ0n) is 19.2. The maximum absolute atomic E-state index is 6.91. The standard InChI is InChI=1S/C27H42O2/c1-17-10-14-27(28-16-17)18(2)24-23(29-27)15-22-20-9-8-19-7-5-6-12-25(19,3)21(20)11-13-26(22,24)4/h5,7,17-24H,6,8-16H2,1-4H3/t17-,18?,19?,20?,21?,22?,23?,24?,25-,26-,27?/m0/s1. The average molecular weight is 399 g/mol. The van der Waals surface area contributed by atoms with Gasteiger partial charge in [-0.3, -0.25) is 0 Å². The van der Waals surface area contributed by atoms with Crippen molar-refractivity contribution in [3.63, 3.8) is 0 Å². The van der Waals surface area contributed by atoms with Gasteiger partial charge in [-0.1, -0.05) is 39.8 Å². The Kier molecular flexibility index (Phi) is 4.23. The third-order valence-electron chi connectivity index (χ3n) is 11.4. The van der Waals surface area contributed by atoms with Gasteiger partial charge < -0.3 is 9.47 Å². The molecule has 0 aromatic heterocycles. The number of hydrogen-bond donors (Lipinski definition) is 0. The summed E-state index contributed by atoms with van der Waals surface area (Å²) >= 11 is 0. The number of hydrogen-bond acceptors (Lipinski definition) is 2. The van der Waals surface area contributed by atoms with Crippen molar-refractivity contribution in [1.82, 2.24) is 0 Å². The minimum Gasteiger partial charge on any atom is -0.349 e. The van der Waals surface area contributed by atoms with E-state index >= 15 is 0 Å². The van der Waals surface area contributed by atoms with Crippen LogP contribution in [0.1, 0.15) is 85.5 Å². The van der Waals surface area contributed by atoms with Crippen molar-refractivity contribution >= 4 is 0 Å². The number of fused-ring (bicyclic) bond motifs is 7. The summed E-state index contributed by atoms with van der Waals surface area (Å²) in [4.78, 5) is 0. The van der Waals surface area contributed by atoms with Gasteiger partial charge in [-0.15, -0.1) is 0 Å². The number of ether oxygens (including phenoxy) is 2. The molecular formula is C27H42O2. The summed E-state index contributed by atoms with van der Waals surface area (Å²) in [6.07, 6.45) is 17.7. The Hall–Kier alpha value is -0.340. The molecule has 6 aliphatic rings. The van der Waals surface area contributed by atoms with Crippen LogP contribution >= 0.6 is 0 Å². The monoisotopic (exact) mass is 398 g/mol. The lowest BCUT2D eigenvalue weighted by atomic mass is 9.45. The van der Waals surface area contributed by atoms with E-state index in [1.165, 1.54) is 51.4 Å². The molecule has 2 heterocycles. The molecule has 2 heteroatoms. The van der Waals surface area contributed by atoms with Gasteiger partial charge in [0, 0.05) is 12.3 Å². The van der Waals surface area contributed by atoms with Crippen LogP contribution in [0.15, 0.2) is 12.2 Å². The zero-order valence-corrected chi connectivity index (χ0v) is 19.2. The van der Waals surface area contributed by atoms with Gasteiger partial charge in [0.2, 0.25) is 0 Å². The highest BCUT2D eigenvalue weighted by Crippen LogP contribution is 2.71. The van der Waals surface area contributed by atoms with Gasteiger partial charge in [-0.25, -0.2) is 0 Å². The predicted octanol–water partition coefficient (Wildman–Crippen LogP) is 6.60. The number of allylic oxidation sites excluding steroid dienone is 2. The quantitative estimate of drug-likeness (QED) is 0.428. The van der Waals surface area contributed by atoms with Crippen molar-refractivity contribution in [2.75, 3.05) is 6.61 Å². The van der Waals surface area contributed by atoms with Crippen LogP contribution in [0.3, 0.4) is 0 Å². The zero-order chi connectivity index (χ0) is 20.0. The molecule has 6 rings (SSSR count). The Bertz CT molecular complexity index is 691. The predicted molar refractivity (Wildman–Crippen MR) is 116 cm³/mol. The fourth-order valence-electron chi connectivity index (χ4n) is 9.84. The summed E-state index contributed by atoms with van der Waals surface area (Å²) in [6.45, 7) is 11.0. The van der Waals surface area contributed by atoms with Gasteiger partial charge in [0.1, 0.15) is 0 Å². The first kappa shape index (κ1) is 19.4. The van der Waals surface area contributed by atoms with Crippen molar-refractivity contribution in [2.24, 2.45) is 52.3 Å². The Labute approximate surface area is 178 Å². The largest absolute Gasteiger partial charge is 0.349 e. The number of rotatable bonds is 0. The van der Waals surface area contributed by atoms with Gasteiger partial charge in [0.25, 0.3) is 0 Å². The molecule has 2 nitrogen and oxygen atoms in total. The second-order valence-electron chi connectivity index (χ2n) is 12.6. The van der Waals surface area contributed by atoms with Crippen molar-refractivity contribution < 1.29 is 9.47 Å². The summed E-state index contributed by atoms with van der Waals surface area (Å²) in [6, 6.07) is 0. The minimum absolute atomic E-state index is 0.259. The van der Waals surface area contributed by atoms with E-state index in [2.05, 4.69) is 39.8 Å². The molecule has 0 aromatic carbocycles. The second kappa shape index (κ2) is 6.35. The lowest BCUT2D eigenvalue weighted by molar-refractivity contribution is -0.273. The van der Waals surface area contributed by atoms with Crippen LogP contribution in [0.25, 0.3) is 0 Å². The van der Waals surface area contributed by atoms with Gasteiger partial charge in [0.05, 0.1) is 12.7 Å². The molecule has 2 aliphatic heterocycles. The highest BCUT2D eigenvalue weighted by molar-refractivity contribution is 5.17. The van der Waals surface area contributed by atoms with E-state index in [0.717, 1.165) is 36.7 Å². The molecule has 0 radical (unpaired) electrons. The highest BCUT2D eigenvalue weighted by atomic mass is 16.7. The Morgan fingerprint density at radius 1 is 0.897 bits per heavy atom. The smallest absolute Gasteiger partial charge is 0.171 e. The van der Waals surface area contributed by atoms with Crippen molar-refractivity contribution in [3.8, 4) is 0 Å². The van der Waals surface area contributed by atoms with Crippen LogP contribution in [0, 0.1) is 52.3 Å². The fraction of sp³-hybridized carbons (Fsp3) is 0.926. The van der Waals surface area contributed by atoms with Gasteiger partial charge in [-0.2, -0.15) is 0 Å². The van der Waals surface area contributed by atoms with Gasteiger partial charge >= 0.3 is 0 Å². The van der Waals surface area contributed by atoms with Crippen LogP contribution in [-0.2, 0) is 9.47 Å². The SMILES string of the molecule is CC1C2C(CC3C4CCC5C=CCC[C@]5(C)C4CC[C@@]32C)OC12CC[C@H](C)CO2. The third kappa shape index (κ3) is 2.48. The molecule has 4 aliphatic carbocycles. The first-order valence-corrected chi connectivity index (χ1v) is 12.9. The summed E-state index contributed by atoms with van der Waals surface area (Å²) in [5, 5.41) is 0. The minimum atomic E-state index is -0.259. The lowest BCUT2D eigenvalue weighted by Gasteiger charge is -2.60. The summed E-state index contributed by atoms with van der Waals surface area (Å²) < 4.78 is 13.4. The maximum atomic E-state index is 6.91. The Morgan fingerprint density at radius 3 is 2.55 bits per heavy atom. The van der Waals surface area contributed by atoms with E-state index < -0.39 is 0 Å².